The number of piperidine rings is 1. The lowest BCUT2D eigenvalue weighted by Crippen LogP contribution is -2.38. The van der Waals surface area contributed by atoms with Crippen molar-refractivity contribution in [1.82, 2.24) is 14.6 Å². The van der Waals surface area contributed by atoms with Crippen LogP contribution in [0, 0.1) is 0 Å². The van der Waals surface area contributed by atoms with Crippen molar-refractivity contribution in [2.75, 3.05) is 20.2 Å². The monoisotopic (exact) mass is 453 g/mol. The Hall–Kier alpha value is -2.84. The molecule has 3 aromatic rings. The van der Waals surface area contributed by atoms with Gasteiger partial charge in [0.05, 0.1) is 7.11 Å². The molecule has 1 saturated carbocycles. The number of ether oxygens (including phenoxy) is 1. The Morgan fingerprint density at radius 1 is 1.09 bits per heavy atom. The Morgan fingerprint density at radius 2 is 1.84 bits per heavy atom. The van der Waals surface area contributed by atoms with Crippen molar-refractivity contribution < 1.29 is 17.9 Å². The van der Waals surface area contributed by atoms with Gasteiger partial charge in [-0.2, -0.15) is 0 Å². The molecular formula is C24H27N3O4S. The summed E-state index contributed by atoms with van der Waals surface area (Å²) in [5, 5.41) is 1.24. The first-order valence-corrected chi connectivity index (χ1v) is 12.5. The first-order valence-electron chi connectivity index (χ1n) is 11.0. The number of hydrogen-bond donors (Lipinski definition) is 2. The van der Waals surface area contributed by atoms with Gasteiger partial charge in [-0.3, -0.25) is 4.79 Å². The number of carbonyl (C=O) groups is 1. The zero-order valence-electron chi connectivity index (χ0n) is 18.0. The molecule has 2 aromatic carbocycles. The quantitative estimate of drug-likeness (QED) is 0.596. The maximum atomic E-state index is 13.2. The highest BCUT2D eigenvalue weighted by molar-refractivity contribution is 7.89. The summed E-state index contributed by atoms with van der Waals surface area (Å²) < 4.78 is 33.5. The van der Waals surface area contributed by atoms with Crippen LogP contribution in [0.2, 0.25) is 0 Å². The molecule has 2 heterocycles. The number of likely N-dealkylation sites (tertiary alicyclic amines) is 1. The van der Waals surface area contributed by atoms with Gasteiger partial charge in [0.2, 0.25) is 10.0 Å². The second kappa shape index (κ2) is 8.26. The maximum absolute atomic E-state index is 13.2. The molecule has 7 nitrogen and oxygen atoms in total. The summed E-state index contributed by atoms with van der Waals surface area (Å²) in [6.07, 6.45) is 5.51. The largest absolute Gasteiger partial charge is 0.495 e. The molecule has 2 aliphatic rings. The molecule has 1 aliphatic heterocycles. The van der Waals surface area contributed by atoms with Crippen LogP contribution in [0.25, 0.3) is 10.9 Å². The third-order valence-electron chi connectivity index (χ3n) is 6.44. The van der Waals surface area contributed by atoms with Crippen molar-refractivity contribution >= 4 is 26.8 Å². The number of rotatable bonds is 6. The van der Waals surface area contributed by atoms with E-state index in [1.54, 1.807) is 12.1 Å². The first kappa shape index (κ1) is 21.0. The number of nitrogens with zero attached hydrogens (tertiary/aromatic N) is 1. The summed E-state index contributed by atoms with van der Waals surface area (Å²) in [7, 11) is -2.30. The summed E-state index contributed by atoms with van der Waals surface area (Å²) in [5.41, 5.74) is 2.80. The number of methoxy groups -OCH3 is 1. The van der Waals surface area contributed by atoms with Crippen molar-refractivity contribution in [1.29, 1.82) is 0 Å². The number of nitrogens with one attached hydrogen (secondary N) is 2. The van der Waals surface area contributed by atoms with Crippen LogP contribution in [-0.2, 0) is 10.0 Å². The number of aromatic nitrogens is 1. The third-order valence-corrected chi connectivity index (χ3v) is 7.98. The molecule has 0 spiro atoms. The highest BCUT2D eigenvalue weighted by atomic mass is 32.2. The summed E-state index contributed by atoms with van der Waals surface area (Å²) in [6, 6.07) is 12.9. The Labute approximate surface area is 187 Å². The van der Waals surface area contributed by atoms with Gasteiger partial charge in [0, 0.05) is 41.8 Å². The summed E-state index contributed by atoms with van der Waals surface area (Å²) in [5.74, 6) is 0.491. The second-order valence-corrected chi connectivity index (χ2v) is 10.3. The van der Waals surface area contributed by atoms with E-state index in [-0.39, 0.29) is 22.6 Å². The molecule has 8 heteroatoms. The summed E-state index contributed by atoms with van der Waals surface area (Å²) >= 11 is 0. The lowest BCUT2D eigenvalue weighted by Gasteiger charge is -2.32. The zero-order chi connectivity index (χ0) is 22.3. The molecule has 1 saturated heterocycles. The van der Waals surface area contributed by atoms with Crippen LogP contribution in [-0.4, -0.2) is 50.5 Å². The maximum Gasteiger partial charge on any atom is 0.253 e. The van der Waals surface area contributed by atoms with Crippen LogP contribution in [0.1, 0.15) is 47.5 Å². The number of H-pyrrole nitrogens is 1. The molecule has 0 radical (unpaired) electrons. The fourth-order valence-electron chi connectivity index (χ4n) is 4.51. The van der Waals surface area contributed by atoms with Crippen molar-refractivity contribution in [3.63, 3.8) is 0 Å². The number of amides is 1. The van der Waals surface area contributed by atoms with Crippen LogP contribution in [0.3, 0.4) is 0 Å². The van der Waals surface area contributed by atoms with Gasteiger partial charge in [0.25, 0.3) is 5.91 Å². The number of sulfonamides is 1. The molecule has 0 atom stereocenters. The van der Waals surface area contributed by atoms with Crippen LogP contribution in [0.5, 0.6) is 5.75 Å². The van der Waals surface area contributed by atoms with E-state index >= 15 is 0 Å². The molecule has 2 N–H and O–H groups in total. The topological polar surface area (TPSA) is 91.5 Å². The van der Waals surface area contributed by atoms with Gasteiger partial charge >= 0.3 is 0 Å². The van der Waals surface area contributed by atoms with E-state index in [9.17, 15) is 13.2 Å². The van der Waals surface area contributed by atoms with Crippen LogP contribution in [0.4, 0.5) is 0 Å². The molecule has 1 aliphatic carbocycles. The fraction of sp³-hybridized carbons (Fsp3) is 0.375. The Kier molecular flexibility index (Phi) is 5.43. The van der Waals surface area contributed by atoms with Crippen molar-refractivity contribution in [3.05, 3.63) is 59.8 Å². The van der Waals surface area contributed by atoms with Gasteiger partial charge < -0.3 is 14.6 Å². The standard InChI is InChI=1S/C24H27N3O4S/c1-31-22-9-6-17(14-23(22)32(29,30)26-18-7-8-18)24(28)27-12-10-16(11-13-27)20-15-25-21-5-3-2-4-19(20)21/h2-6,9,14-16,18,25-26H,7-8,10-13H2,1H3. The smallest absolute Gasteiger partial charge is 0.253 e. The fourth-order valence-corrected chi connectivity index (χ4v) is 6.01. The first-order chi connectivity index (χ1) is 15.5. The number of aromatic amines is 1. The molecule has 168 valence electrons. The number of hydrogen-bond acceptors (Lipinski definition) is 4. The Morgan fingerprint density at radius 3 is 2.56 bits per heavy atom. The van der Waals surface area contributed by atoms with Gasteiger partial charge in [0.15, 0.2) is 0 Å². The molecule has 0 unspecified atom stereocenters. The van der Waals surface area contributed by atoms with Gasteiger partial charge in [-0.25, -0.2) is 13.1 Å². The minimum Gasteiger partial charge on any atom is -0.495 e. The molecule has 1 amide bonds. The van der Waals surface area contributed by atoms with Gasteiger partial charge in [-0.1, -0.05) is 18.2 Å². The second-order valence-electron chi connectivity index (χ2n) is 8.62. The summed E-state index contributed by atoms with van der Waals surface area (Å²) in [6.45, 7) is 1.27. The molecule has 0 bridgehead atoms. The van der Waals surface area contributed by atoms with E-state index in [1.807, 2.05) is 17.0 Å². The molecule has 32 heavy (non-hydrogen) atoms. The van der Waals surface area contributed by atoms with Crippen LogP contribution in [0.15, 0.2) is 53.6 Å². The number of carbonyl (C=O) groups excluding carboxylic acids is 1. The van der Waals surface area contributed by atoms with E-state index in [4.69, 9.17) is 4.74 Å². The van der Waals surface area contributed by atoms with Crippen LogP contribution >= 0.6 is 0 Å². The number of benzene rings is 2. The lowest BCUT2D eigenvalue weighted by atomic mass is 9.89. The van der Waals surface area contributed by atoms with E-state index in [0.29, 0.717) is 24.6 Å². The Balaban J connectivity index is 1.32. The van der Waals surface area contributed by atoms with Crippen molar-refractivity contribution in [2.45, 2.75) is 42.5 Å². The highest BCUT2D eigenvalue weighted by Gasteiger charge is 2.31. The lowest BCUT2D eigenvalue weighted by molar-refractivity contribution is 0.0713. The average molecular weight is 454 g/mol. The third kappa shape index (κ3) is 4.00. The minimum absolute atomic E-state index is 0.0198. The average Bonchev–Trinajstić information content (AvgIpc) is 3.52. The van der Waals surface area contributed by atoms with E-state index in [1.165, 1.54) is 24.1 Å². The molecule has 5 rings (SSSR count). The predicted octanol–water partition coefficient (Wildman–Crippen LogP) is 3.64. The normalized spacial score (nSPS) is 17.6. The number of para-hydroxylation sites is 1. The highest BCUT2D eigenvalue weighted by Crippen LogP contribution is 2.34. The van der Waals surface area contributed by atoms with Crippen LogP contribution < -0.4 is 9.46 Å². The summed E-state index contributed by atoms with van der Waals surface area (Å²) in [4.78, 5) is 18.4. The Bertz CT molecular complexity index is 1260. The van der Waals surface area contributed by atoms with E-state index in [0.717, 1.165) is 31.2 Å². The van der Waals surface area contributed by atoms with Gasteiger partial charge in [-0.15, -0.1) is 0 Å². The zero-order valence-corrected chi connectivity index (χ0v) is 18.8. The van der Waals surface area contributed by atoms with Gasteiger partial charge in [0.1, 0.15) is 10.6 Å². The molecular weight excluding hydrogens is 426 g/mol. The van der Waals surface area contributed by atoms with Crippen molar-refractivity contribution in [2.24, 2.45) is 0 Å². The van der Waals surface area contributed by atoms with Gasteiger partial charge in [-0.05, 0) is 61.4 Å². The van der Waals surface area contributed by atoms with E-state index < -0.39 is 10.0 Å². The molecule has 1 aromatic heterocycles. The molecule has 2 fully saturated rings. The minimum atomic E-state index is -3.73. The number of fused-ring (bicyclic) bond motifs is 1. The van der Waals surface area contributed by atoms with E-state index in [2.05, 4.69) is 28.0 Å². The predicted molar refractivity (Wildman–Crippen MR) is 123 cm³/mol. The van der Waals surface area contributed by atoms with Crippen molar-refractivity contribution in [3.8, 4) is 5.75 Å². The SMILES string of the molecule is COc1ccc(C(=O)N2CCC(c3c[nH]c4ccccc34)CC2)cc1S(=O)(=O)NC1CC1.